The average Bonchev–Trinajstić information content (AvgIpc) is 2.62. The standard InChI is InChI=1S/C16H28BrN3/c1-12(2)9-18-10-13-7-5-4-6-8-14(13)16-15(17)11-19-20(16)3/h11-14,18H,4-10H2,1-3H3. The molecule has 114 valence electrons. The van der Waals surface area contributed by atoms with Crippen molar-refractivity contribution in [1.82, 2.24) is 15.1 Å². The van der Waals surface area contributed by atoms with Crippen LogP contribution < -0.4 is 5.32 Å². The second kappa shape index (κ2) is 7.60. The van der Waals surface area contributed by atoms with Gasteiger partial charge in [-0.2, -0.15) is 5.10 Å². The van der Waals surface area contributed by atoms with Gasteiger partial charge in [-0.15, -0.1) is 0 Å². The summed E-state index contributed by atoms with van der Waals surface area (Å²) in [5, 5.41) is 8.08. The summed E-state index contributed by atoms with van der Waals surface area (Å²) in [6.45, 7) is 6.81. The van der Waals surface area contributed by atoms with Crippen LogP contribution in [0.4, 0.5) is 0 Å². The lowest BCUT2D eigenvalue weighted by atomic mass is 9.85. The summed E-state index contributed by atoms with van der Waals surface area (Å²) in [4.78, 5) is 0. The first-order valence-corrected chi connectivity index (χ1v) is 8.77. The van der Waals surface area contributed by atoms with Gasteiger partial charge < -0.3 is 5.32 Å². The SMILES string of the molecule is CC(C)CNCC1CCCCCC1c1c(Br)cnn1C. The van der Waals surface area contributed by atoms with Crippen LogP contribution >= 0.6 is 15.9 Å². The van der Waals surface area contributed by atoms with Crippen molar-refractivity contribution in [3.8, 4) is 0 Å². The van der Waals surface area contributed by atoms with Gasteiger partial charge in [0.1, 0.15) is 0 Å². The molecule has 0 radical (unpaired) electrons. The number of hydrogen-bond donors (Lipinski definition) is 1. The maximum absolute atomic E-state index is 4.41. The van der Waals surface area contributed by atoms with E-state index in [2.05, 4.69) is 51.9 Å². The highest BCUT2D eigenvalue weighted by Gasteiger charge is 2.28. The first-order chi connectivity index (χ1) is 9.59. The van der Waals surface area contributed by atoms with Gasteiger partial charge in [-0.05, 0) is 53.7 Å². The van der Waals surface area contributed by atoms with Crippen LogP contribution in [0, 0.1) is 11.8 Å². The fourth-order valence-corrected chi connectivity index (χ4v) is 4.03. The van der Waals surface area contributed by atoms with Crippen molar-refractivity contribution in [1.29, 1.82) is 0 Å². The lowest BCUT2D eigenvalue weighted by Crippen LogP contribution is -2.30. The summed E-state index contributed by atoms with van der Waals surface area (Å²) in [6, 6.07) is 0. The van der Waals surface area contributed by atoms with Gasteiger partial charge in [0.25, 0.3) is 0 Å². The van der Waals surface area contributed by atoms with Gasteiger partial charge in [0.2, 0.25) is 0 Å². The van der Waals surface area contributed by atoms with Crippen LogP contribution in [0.1, 0.15) is 57.6 Å². The second-order valence-corrected chi connectivity index (χ2v) is 7.41. The van der Waals surface area contributed by atoms with Crippen LogP contribution in [0.2, 0.25) is 0 Å². The molecule has 1 heterocycles. The van der Waals surface area contributed by atoms with E-state index in [9.17, 15) is 0 Å². The van der Waals surface area contributed by atoms with Crippen LogP contribution in [-0.4, -0.2) is 22.9 Å². The van der Waals surface area contributed by atoms with Gasteiger partial charge in [0, 0.05) is 13.0 Å². The molecular weight excluding hydrogens is 314 g/mol. The van der Waals surface area contributed by atoms with E-state index in [-0.39, 0.29) is 0 Å². The molecule has 0 bridgehead atoms. The molecule has 1 aromatic heterocycles. The molecule has 1 N–H and O–H groups in total. The normalized spacial score (nSPS) is 24.1. The zero-order chi connectivity index (χ0) is 14.5. The van der Waals surface area contributed by atoms with E-state index in [1.807, 2.05) is 6.20 Å². The number of nitrogens with one attached hydrogen (secondary N) is 1. The minimum atomic E-state index is 0.638. The second-order valence-electron chi connectivity index (χ2n) is 6.56. The molecule has 2 unspecified atom stereocenters. The molecule has 1 saturated carbocycles. The molecule has 1 aliphatic carbocycles. The topological polar surface area (TPSA) is 29.9 Å². The van der Waals surface area contributed by atoms with Crippen molar-refractivity contribution >= 4 is 15.9 Å². The molecular formula is C16H28BrN3. The minimum absolute atomic E-state index is 0.638. The summed E-state index contributed by atoms with van der Waals surface area (Å²) in [7, 11) is 2.07. The fourth-order valence-electron chi connectivity index (χ4n) is 3.38. The fraction of sp³-hybridized carbons (Fsp3) is 0.812. The Morgan fingerprint density at radius 2 is 2.10 bits per heavy atom. The maximum atomic E-state index is 4.41. The summed E-state index contributed by atoms with van der Waals surface area (Å²) in [5.41, 5.74) is 1.39. The van der Waals surface area contributed by atoms with Crippen molar-refractivity contribution in [2.24, 2.45) is 18.9 Å². The zero-order valence-corrected chi connectivity index (χ0v) is 14.6. The van der Waals surface area contributed by atoms with Crippen molar-refractivity contribution in [2.45, 2.75) is 51.9 Å². The van der Waals surface area contributed by atoms with Gasteiger partial charge in [-0.1, -0.05) is 33.1 Å². The Hall–Kier alpha value is -0.350. The van der Waals surface area contributed by atoms with Crippen molar-refractivity contribution < 1.29 is 0 Å². The third kappa shape index (κ3) is 4.08. The van der Waals surface area contributed by atoms with E-state index in [0.717, 1.165) is 24.9 Å². The van der Waals surface area contributed by atoms with Crippen LogP contribution in [0.5, 0.6) is 0 Å². The van der Waals surface area contributed by atoms with E-state index < -0.39 is 0 Å². The molecule has 20 heavy (non-hydrogen) atoms. The van der Waals surface area contributed by atoms with Gasteiger partial charge in [0.15, 0.2) is 0 Å². The molecule has 2 atom stereocenters. The zero-order valence-electron chi connectivity index (χ0n) is 13.0. The summed E-state index contributed by atoms with van der Waals surface area (Å²) in [5.74, 6) is 2.10. The quantitative estimate of drug-likeness (QED) is 0.817. The summed E-state index contributed by atoms with van der Waals surface area (Å²) in [6.07, 6.45) is 8.69. The molecule has 0 amide bonds. The summed E-state index contributed by atoms with van der Waals surface area (Å²) >= 11 is 3.69. The highest BCUT2D eigenvalue weighted by molar-refractivity contribution is 9.10. The Morgan fingerprint density at radius 3 is 2.75 bits per heavy atom. The van der Waals surface area contributed by atoms with Gasteiger partial charge in [-0.3, -0.25) is 4.68 Å². The number of rotatable bonds is 5. The molecule has 0 aliphatic heterocycles. The van der Waals surface area contributed by atoms with Crippen molar-refractivity contribution in [2.75, 3.05) is 13.1 Å². The lowest BCUT2D eigenvalue weighted by molar-refractivity contribution is 0.353. The number of nitrogens with zero attached hydrogens (tertiary/aromatic N) is 2. The monoisotopic (exact) mass is 341 g/mol. The van der Waals surface area contributed by atoms with Crippen LogP contribution in [0.15, 0.2) is 10.7 Å². The molecule has 0 saturated heterocycles. The third-order valence-corrected chi connectivity index (χ3v) is 5.02. The van der Waals surface area contributed by atoms with Gasteiger partial charge in [-0.25, -0.2) is 0 Å². The first-order valence-electron chi connectivity index (χ1n) is 7.97. The van der Waals surface area contributed by atoms with Gasteiger partial charge >= 0.3 is 0 Å². The highest BCUT2D eigenvalue weighted by Crippen LogP contribution is 2.38. The first kappa shape index (κ1) is 16.0. The van der Waals surface area contributed by atoms with Crippen molar-refractivity contribution in [3.05, 3.63) is 16.4 Å². The third-order valence-electron chi connectivity index (χ3n) is 4.41. The Balaban J connectivity index is 2.09. The highest BCUT2D eigenvalue weighted by atomic mass is 79.9. The Morgan fingerprint density at radius 1 is 1.35 bits per heavy atom. The lowest BCUT2D eigenvalue weighted by Gasteiger charge is -2.26. The Labute approximate surface area is 131 Å². The van der Waals surface area contributed by atoms with E-state index in [1.54, 1.807) is 0 Å². The minimum Gasteiger partial charge on any atom is -0.316 e. The predicted molar refractivity (Wildman–Crippen MR) is 87.9 cm³/mol. The van der Waals surface area contributed by atoms with Crippen LogP contribution in [-0.2, 0) is 7.05 Å². The Kier molecular flexibility index (Phi) is 6.09. The van der Waals surface area contributed by atoms with Gasteiger partial charge in [0.05, 0.1) is 16.4 Å². The largest absolute Gasteiger partial charge is 0.316 e. The molecule has 0 spiro atoms. The van der Waals surface area contributed by atoms with E-state index >= 15 is 0 Å². The number of aryl methyl sites for hydroxylation is 1. The predicted octanol–water partition coefficient (Wildman–Crippen LogP) is 4.09. The van der Waals surface area contributed by atoms with Crippen LogP contribution in [0.3, 0.4) is 0 Å². The molecule has 3 nitrogen and oxygen atoms in total. The molecule has 0 aromatic carbocycles. The van der Waals surface area contributed by atoms with E-state index in [1.165, 1.54) is 42.3 Å². The average molecular weight is 342 g/mol. The number of hydrogen-bond acceptors (Lipinski definition) is 2. The Bertz CT molecular complexity index is 394. The van der Waals surface area contributed by atoms with E-state index in [4.69, 9.17) is 0 Å². The molecule has 4 heteroatoms. The van der Waals surface area contributed by atoms with Crippen molar-refractivity contribution in [3.63, 3.8) is 0 Å². The molecule has 1 aromatic rings. The molecule has 2 rings (SSSR count). The molecule has 1 fully saturated rings. The number of aromatic nitrogens is 2. The maximum Gasteiger partial charge on any atom is 0.0635 e. The molecule has 1 aliphatic rings. The summed E-state index contributed by atoms with van der Waals surface area (Å²) < 4.78 is 3.25. The smallest absolute Gasteiger partial charge is 0.0635 e. The van der Waals surface area contributed by atoms with Crippen LogP contribution in [0.25, 0.3) is 0 Å². The number of halogens is 1. The van der Waals surface area contributed by atoms with E-state index in [0.29, 0.717) is 5.92 Å².